The summed E-state index contributed by atoms with van der Waals surface area (Å²) in [5.41, 5.74) is 7.80. The average molecular weight is 505 g/mol. The average Bonchev–Trinajstić information content (AvgIpc) is 3.65. The zero-order chi connectivity index (χ0) is 25.8. The molecule has 0 bridgehead atoms. The highest BCUT2D eigenvalue weighted by Crippen LogP contribution is 2.45. The number of aromatic nitrogens is 2. The molecule has 0 unspecified atom stereocenters. The van der Waals surface area contributed by atoms with E-state index >= 15 is 0 Å². The molecule has 0 amide bonds. The van der Waals surface area contributed by atoms with Crippen LogP contribution >= 0.6 is 0 Å². The van der Waals surface area contributed by atoms with E-state index in [0.29, 0.717) is 0 Å². The first-order valence-electron chi connectivity index (χ1n) is 13.0. The van der Waals surface area contributed by atoms with Crippen molar-refractivity contribution in [3.8, 4) is 11.1 Å². The molecule has 0 spiro atoms. The maximum Gasteiger partial charge on any atom is 0.333 e. The molecule has 5 heteroatoms. The number of furan rings is 2. The van der Waals surface area contributed by atoms with Gasteiger partial charge in [-0.1, -0.05) is 60.7 Å². The van der Waals surface area contributed by atoms with Crippen molar-refractivity contribution in [2.75, 3.05) is 0 Å². The van der Waals surface area contributed by atoms with Crippen molar-refractivity contribution in [1.82, 2.24) is 8.97 Å². The molecule has 9 aromatic rings. The predicted molar refractivity (Wildman–Crippen MR) is 158 cm³/mol. The van der Waals surface area contributed by atoms with Crippen molar-refractivity contribution >= 4 is 71.2 Å². The third-order valence-electron chi connectivity index (χ3n) is 8.12. The first kappa shape index (κ1) is 20.7. The normalized spacial score (nSPS) is 12.3. The van der Waals surface area contributed by atoms with Crippen LogP contribution in [0, 0.1) is 0 Å². The lowest BCUT2D eigenvalue weighted by atomic mass is 9.98. The molecule has 0 saturated heterocycles. The minimum atomic E-state index is -0.0643. The number of hydrogen-bond donors (Lipinski definition) is 0. The van der Waals surface area contributed by atoms with E-state index in [1.165, 1.54) is 0 Å². The molecule has 39 heavy (non-hydrogen) atoms. The number of fused-ring (bicyclic) bond motifs is 11. The van der Waals surface area contributed by atoms with Gasteiger partial charge in [-0.3, -0.25) is 8.97 Å². The lowest BCUT2D eigenvalue weighted by Gasteiger charge is -2.08. The van der Waals surface area contributed by atoms with E-state index in [9.17, 15) is 4.79 Å². The van der Waals surface area contributed by atoms with Gasteiger partial charge in [0.1, 0.15) is 22.3 Å². The Labute approximate surface area is 220 Å². The van der Waals surface area contributed by atoms with Crippen LogP contribution in [0.25, 0.3) is 82.3 Å². The zero-order valence-corrected chi connectivity index (χ0v) is 20.9. The first-order chi connectivity index (χ1) is 19.2. The van der Waals surface area contributed by atoms with Crippen LogP contribution < -0.4 is 5.69 Å². The number of benzene rings is 5. The quantitative estimate of drug-likeness (QED) is 0.225. The summed E-state index contributed by atoms with van der Waals surface area (Å²) >= 11 is 0. The fourth-order valence-electron chi connectivity index (χ4n) is 6.31. The van der Waals surface area contributed by atoms with E-state index in [0.717, 1.165) is 82.3 Å². The molecule has 0 aliphatic heterocycles. The second-order valence-electron chi connectivity index (χ2n) is 10.2. The Kier molecular flexibility index (Phi) is 3.81. The van der Waals surface area contributed by atoms with Crippen molar-refractivity contribution in [3.63, 3.8) is 0 Å². The molecule has 4 aromatic heterocycles. The summed E-state index contributed by atoms with van der Waals surface area (Å²) in [4.78, 5) is 13.4. The standard InChI is InChI=1S/C34H20N2O3/c1-35-27-11-5-2-10-23(27)28-17-20-16-19(14-15-26(20)36(28)34(35)37)31-32-24(21-8-3-6-12-29(21)38-32)18-25-22-9-4-7-13-30(22)39-33(25)31/h2-18H,1H3. The Balaban J connectivity index is 1.44. The molecule has 0 fully saturated rings. The van der Waals surface area contributed by atoms with Gasteiger partial charge in [-0.25, -0.2) is 4.79 Å². The largest absolute Gasteiger partial charge is 0.455 e. The maximum absolute atomic E-state index is 13.4. The topological polar surface area (TPSA) is 52.7 Å². The molecule has 5 nitrogen and oxygen atoms in total. The maximum atomic E-state index is 13.4. The van der Waals surface area contributed by atoms with Crippen molar-refractivity contribution in [3.05, 3.63) is 114 Å². The molecular weight excluding hydrogens is 484 g/mol. The number of aryl methyl sites for hydroxylation is 1. The molecule has 9 rings (SSSR count). The zero-order valence-electron chi connectivity index (χ0n) is 20.9. The van der Waals surface area contributed by atoms with Crippen LogP contribution in [0.1, 0.15) is 0 Å². The number of rotatable bonds is 1. The highest BCUT2D eigenvalue weighted by atomic mass is 16.3. The molecule has 0 radical (unpaired) electrons. The van der Waals surface area contributed by atoms with Gasteiger partial charge in [0.25, 0.3) is 0 Å². The van der Waals surface area contributed by atoms with Gasteiger partial charge in [0.15, 0.2) is 0 Å². The smallest absolute Gasteiger partial charge is 0.333 e. The van der Waals surface area contributed by atoms with Crippen LogP contribution in [0.5, 0.6) is 0 Å². The van der Waals surface area contributed by atoms with Crippen molar-refractivity contribution in [2.24, 2.45) is 7.05 Å². The first-order valence-corrected chi connectivity index (χ1v) is 13.0. The van der Waals surface area contributed by atoms with Crippen LogP contribution in [-0.4, -0.2) is 8.97 Å². The molecule has 0 aliphatic rings. The van der Waals surface area contributed by atoms with Gasteiger partial charge in [-0.2, -0.15) is 0 Å². The van der Waals surface area contributed by atoms with Gasteiger partial charge >= 0.3 is 5.69 Å². The van der Waals surface area contributed by atoms with Gasteiger partial charge in [0.05, 0.1) is 22.1 Å². The summed E-state index contributed by atoms with van der Waals surface area (Å²) in [6, 6.07) is 34.8. The van der Waals surface area contributed by atoms with Gasteiger partial charge < -0.3 is 8.83 Å². The molecular formula is C34H20N2O3. The van der Waals surface area contributed by atoms with Gasteiger partial charge in [-0.05, 0) is 48.0 Å². The third kappa shape index (κ3) is 2.61. The van der Waals surface area contributed by atoms with E-state index in [-0.39, 0.29) is 5.69 Å². The Morgan fingerprint density at radius 3 is 1.87 bits per heavy atom. The van der Waals surface area contributed by atoms with E-state index in [1.807, 2.05) is 67.7 Å². The molecule has 0 aliphatic carbocycles. The van der Waals surface area contributed by atoms with E-state index < -0.39 is 0 Å². The Bertz CT molecular complexity index is 2450. The Hall–Kier alpha value is -5.29. The van der Waals surface area contributed by atoms with Crippen LogP contribution in [0.15, 0.2) is 117 Å². The van der Waals surface area contributed by atoms with Gasteiger partial charge in [0.2, 0.25) is 0 Å². The molecule has 0 N–H and O–H groups in total. The second-order valence-corrected chi connectivity index (χ2v) is 10.2. The summed E-state index contributed by atoms with van der Waals surface area (Å²) in [7, 11) is 1.82. The van der Waals surface area contributed by atoms with E-state index in [2.05, 4.69) is 42.5 Å². The minimum Gasteiger partial charge on any atom is -0.455 e. The number of hydrogen-bond acceptors (Lipinski definition) is 3. The Morgan fingerprint density at radius 1 is 0.564 bits per heavy atom. The van der Waals surface area contributed by atoms with E-state index in [4.69, 9.17) is 8.83 Å². The SMILES string of the molecule is Cn1c(=O)n2c3ccc(-c4c5oc6ccccc6c5cc5c4oc4ccccc45)cc3cc2c2ccccc21. The summed E-state index contributed by atoms with van der Waals surface area (Å²) in [6.07, 6.45) is 0. The monoisotopic (exact) mass is 504 g/mol. The van der Waals surface area contributed by atoms with Gasteiger partial charge in [-0.15, -0.1) is 0 Å². The molecule has 5 aromatic carbocycles. The highest BCUT2D eigenvalue weighted by Gasteiger charge is 2.22. The van der Waals surface area contributed by atoms with Crippen molar-refractivity contribution in [1.29, 1.82) is 0 Å². The minimum absolute atomic E-state index is 0.0643. The fourth-order valence-corrected chi connectivity index (χ4v) is 6.31. The summed E-state index contributed by atoms with van der Waals surface area (Å²) in [5.74, 6) is 0. The van der Waals surface area contributed by atoms with Crippen LogP contribution in [0.2, 0.25) is 0 Å². The number of nitrogens with zero attached hydrogens (tertiary/aromatic N) is 2. The predicted octanol–water partition coefficient (Wildman–Crippen LogP) is 8.41. The second kappa shape index (κ2) is 7.17. The lowest BCUT2D eigenvalue weighted by Crippen LogP contribution is -2.24. The number of para-hydroxylation sites is 3. The van der Waals surface area contributed by atoms with Crippen molar-refractivity contribution < 1.29 is 8.83 Å². The van der Waals surface area contributed by atoms with Crippen LogP contribution in [-0.2, 0) is 7.05 Å². The lowest BCUT2D eigenvalue weighted by molar-refractivity contribution is 0.658. The molecule has 184 valence electrons. The summed E-state index contributed by atoms with van der Waals surface area (Å²) in [6.45, 7) is 0. The molecule has 0 atom stereocenters. The third-order valence-corrected chi connectivity index (χ3v) is 8.12. The van der Waals surface area contributed by atoms with Crippen molar-refractivity contribution in [2.45, 2.75) is 0 Å². The highest BCUT2D eigenvalue weighted by molar-refractivity contribution is 6.22. The van der Waals surface area contributed by atoms with E-state index in [1.54, 1.807) is 8.97 Å². The fraction of sp³-hybridized carbons (Fsp3) is 0.0294. The van der Waals surface area contributed by atoms with Gasteiger partial charge in [0, 0.05) is 39.4 Å². The Morgan fingerprint density at radius 2 is 1.18 bits per heavy atom. The molecule has 0 saturated carbocycles. The van der Waals surface area contributed by atoms with Crippen LogP contribution in [0.4, 0.5) is 0 Å². The van der Waals surface area contributed by atoms with Crippen LogP contribution in [0.3, 0.4) is 0 Å². The molecule has 4 heterocycles. The summed E-state index contributed by atoms with van der Waals surface area (Å²) in [5, 5.41) is 6.29. The summed E-state index contributed by atoms with van der Waals surface area (Å²) < 4.78 is 16.5.